The highest BCUT2D eigenvalue weighted by atomic mass is 35.5. The molecule has 7 heteroatoms. The molecule has 4 nitrogen and oxygen atoms in total. The number of hydrogen-bond acceptors (Lipinski definition) is 2. The van der Waals surface area contributed by atoms with Crippen molar-refractivity contribution in [1.29, 1.82) is 0 Å². The first kappa shape index (κ1) is 16.1. The molecule has 0 saturated heterocycles. The number of amides is 1. The highest BCUT2D eigenvalue weighted by molar-refractivity contribution is 6.40. The van der Waals surface area contributed by atoms with E-state index < -0.39 is 0 Å². The molecule has 3 rings (SSSR count). The van der Waals surface area contributed by atoms with Gasteiger partial charge in [0.1, 0.15) is 11.3 Å². The summed E-state index contributed by atoms with van der Waals surface area (Å²) in [5.74, 6) is -0.341. The number of aryl methyl sites for hydroxylation is 1. The molecule has 0 saturated carbocycles. The number of fused-ring (bicyclic) bond motifs is 1. The van der Waals surface area contributed by atoms with E-state index in [0.29, 0.717) is 44.2 Å². The minimum absolute atomic E-state index is 0.341. The molecule has 2 aromatic heterocycles. The maximum atomic E-state index is 12.8. The highest BCUT2D eigenvalue weighted by Crippen LogP contribution is 2.30. The lowest BCUT2D eigenvalue weighted by Gasteiger charge is -2.10. The molecule has 1 aromatic carbocycles. The lowest BCUT2D eigenvalue weighted by molar-refractivity contribution is 0.102. The number of nitrogens with one attached hydrogen (secondary N) is 1. The Morgan fingerprint density at radius 3 is 2.52 bits per heavy atom. The van der Waals surface area contributed by atoms with Crippen molar-refractivity contribution in [3.63, 3.8) is 0 Å². The maximum Gasteiger partial charge on any atom is 0.274 e. The first-order valence-electron chi connectivity index (χ1n) is 6.93. The van der Waals surface area contributed by atoms with Crippen LogP contribution in [0.1, 0.15) is 23.1 Å². The third-order valence-electron chi connectivity index (χ3n) is 3.41. The van der Waals surface area contributed by atoms with Gasteiger partial charge in [0.05, 0.1) is 26.4 Å². The molecular formula is C16H12Cl3N3O. The van der Waals surface area contributed by atoms with Crippen LogP contribution < -0.4 is 5.32 Å². The number of pyridine rings is 1. The number of halogens is 3. The number of carbonyl (C=O) groups is 1. The third-order valence-corrected chi connectivity index (χ3v) is 4.26. The largest absolute Gasteiger partial charge is 0.318 e. The van der Waals surface area contributed by atoms with E-state index in [0.717, 1.165) is 0 Å². The molecule has 2 heterocycles. The molecule has 0 aliphatic carbocycles. The molecule has 0 aliphatic heterocycles. The van der Waals surface area contributed by atoms with Gasteiger partial charge in [-0.3, -0.25) is 9.20 Å². The quantitative estimate of drug-likeness (QED) is 0.698. The molecular weight excluding hydrogens is 357 g/mol. The zero-order chi connectivity index (χ0) is 16.6. The number of nitrogens with zero attached hydrogens (tertiary/aromatic N) is 2. The van der Waals surface area contributed by atoms with Gasteiger partial charge in [0.15, 0.2) is 0 Å². The maximum absolute atomic E-state index is 12.8. The van der Waals surface area contributed by atoms with Crippen LogP contribution in [0.25, 0.3) is 5.65 Å². The second kappa shape index (κ2) is 6.40. The smallest absolute Gasteiger partial charge is 0.274 e. The van der Waals surface area contributed by atoms with Crippen molar-refractivity contribution in [1.82, 2.24) is 9.38 Å². The van der Waals surface area contributed by atoms with E-state index in [2.05, 4.69) is 10.3 Å². The van der Waals surface area contributed by atoms with Gasteiger partial charge in [-0.05, 0) is 30.7 Å². The molecule has 1 amide bonds. The van der Waals surface area contributed by atoms with Gasteiger partial charge in [0.2, 0.25) is 0 Å². The van der Waals surface area contributed by atoms with Crippen LogP contribution in [0, 0.1) is 0 Å². The van der Waals surface area contributed by atoms with Crippen LogP contribution in [-0.2, 0) is 6.42 Å². The molecule has 3 aromatic rings. The lowest BCUT2D eigenvalue weighted by Crippen LogP contribution is -2.16. The summed E-state index contributed by atoms with van der Waals surface area (Å²) >= 11 is 18.3. The third kappa shape index (κ3) is 3.02. The van der Waals surface area contributed by atoms with Crippen molar-refractivity contribution in [3.05, 3.63) is 63.0 Å². The zero-order valence-electron chi connectivity index (χ0n) is 12.1. The number of rotatable bonds is 3. The molecule has 0 aliphatic rings. The normalized spacial score (nSPS) is 11.0. The lowest BCUT2D eigenvalue weighted by atomic mass is 10.2. The second-order valence-electron chi connectivity index (χ2n) is 4.89. The molecule has 0 atom stereocenters. The summed E-state index contributed by atoms with van der Waals surface area (Å²) < 4.78 is 1.67. The first-order valence-corrected chi connectivity index (χ1v) is 8.06. The molecule has 0 fully saturated rings. The molecule has 0 radical (unpaired) electrons. The van der Waals surface area contributed by atoms with Gasteiger partial charge < -0.3 is 5.32 Å². The summed E-state index contributed by atoms with van der Waals surface area (Å²) in [6.45, 7) is 1.93. The van der Waals surface area contributed by atoms with Crippen LogP contribution in [0.3, 0.4) is 0 Å². The number of aromatic nitrogens is 2. The molecule has 23 heavy (non-hydrogen) atoms. The van der Waals surface area contributed by atoms with Gasteiger partial charge in [-0.25, -0.2) is 4.98 Å². The van der Waals surface area contributed by atoms with Crippen LogP contribution in [0.4, 0.5) is 5.69 Å². The predicted molar refractivity (Wildman–Crippen MR) is 94.0 cm³/mol. The Morgan fingerprint density at radius 2 is 1.87 bits per heavy atom. The summed E-state index contributed by atoms with van der Waals surface area (Å²) in [7, 11) is 0. The minimum Gasteiger partial charge on any atom is -0.318 e. The van der Waals surface area contributed by atoms with E-state index in [4.69, 9.17) is 34.8 Å². The van der Waals surface area contributed by atoms with Crippen LogP contribution in [0.5, 0.6) is 0 Å². The molecule has 1 N–H and O–H groups in total. The summed E-state index contributed by atoms with van der Waals surface area (Å²) in [4.78, 5) is 17.2. The molecule has 0 unspecified atom stereocenters. The summed E-state index contributed by atoms with van der Waals surface area (Å²) in [5, 5.41) is 4.02. The topological polar surface area (TPSA) is 46.4 Å². The Hall–Kier alpha value is -1.75. The minimum atomic E-state index is -0.341. The molecule has 118 valence electrons. The molecule has 0 bridgehead atoms. The summed E-state index contributed by atoms with van der Waals surface area (Å²) in [6.07, 6.45) is 2.27. The fourth-order valence-corrected chi connectivity index (χ4v) is 3.00. The number of hydrogen-bond donors (Lipinski definition) is 1. The van der Waals surface area contributed by atoms with E-state index in [-0.39, 0.29) is 5.91 Å². The monoisotopic (exact) mass is 367 g/mol. The predicted octanol–water partition coefficient (Wildman–Crippen LogP) is 5.11. The fraction of sp³-hybridized carbons (Fsp3) is 0.125. The van der Waals surface area contributed by atoms with Gasteiger partial charge in [-0.15, -0.1) is 0 Å². The number of benzene rings is 1. The van der Waals surface area contributed by atoms with E-state index in [1.54, 1.807) is 40.9 Å². The van der Waals surface area contributed by atoms with Crippen molar-refractivity contribution in [2.24, 2.45) is 0 Å². The van der Waals surface area contributed by atoms with Crippen molar-refractivity contribution in [2.75, 3.05) is 5.32 Å². The number of imidazole rings is 1. The molecule has 0 spiro atoms. The van der Waals surface area contributed by atoms with Crippen molar-refractivity contribution in [3.8, 4) is 0 Å². The van der Waals surface area contributed by atoms with Gasteiger partial charge >= 0.3 is 0 Å². The van der Waals surface area contributed by atoms with Gasteiger partial charge in [0, 0.05) is 6.20 Å². The average Bonchev–Trinajstić information content (AvgIpc) is 2.88. The Labute approximate surface area is 148 Å². The van der Waals surface area contributed by atoms with Crippen molar-refractivity contribution >= 4 is 52.0 Å². The first-order chi connectivity index (χ1) is 11.0. The van der Waals surface area contributed by atoms with Gasteiger partial charge in [-0.1, -0.05) is 47.8 Å². The second-order valence-corrected chi connectivity index (χ2v) is 6.14. The van der Waals surface area contributed by atoms with Crippen LogP contribution >= 0.6 is 34.8 Å². The zero-order valence-corrected chi connectivity index (χ0v) is 14.4. The number of carbonyl (C=O) groups excluding carboxylic acids is 1. The van der Waals surface area contributed by atoms with Gasteiger partial charge in [0.25, 0.3) is 5.91 Å². The Morgan fingerprint density at radius 1 is 1.17 bits per heavy atom. The Kier molecular flexibility index (Phi) is 4.48. The van der Waals surface area contributed by atoms with Crippen LogP contribution in [-0.4, -0.2) is 15.3 Å². The van der Waals surface area contributed by atoms with E-state index in [1.165, 1.54) is 0 Å². The van der Waals surface area contributed by atoms with Crippen LogP contribution in [0.2, 0.25) is 15.1 Å². The summed E-state index contributed by atoms with van der Waals surface area (Å²) in [6, 6.07) is 8.53. The van der Waals surface area contributed by atoms with Crippen LogP contribution in [0.15, 0.2) is 36.5 Å². The average molecular weight is 369 g/mol. The van der Waals surface area contributed by atoms with Gasteiger partial charge in [-0.2, -0.15) is 0 Å². The van der Waals surface area contributed by atoms with Crippen molar-refractivity contribution in [2.45, 2.75) is 13.3 Å². The summed E-state index contributed by atoms with van der Waals surface area (Å²) in [5.41, 5.74) is 2.12. The highest BCUT2D eigenvalue weighted by Gasteiger charge is 2.20. The van der Waals surface area contributed by atoms with E-state index in [9.17, 15) is 4.79 Å². The van der Waals surface area contributed by atoms with E-state index in [1.807, 2.05) is 6.92 Å². The standard InChI is InChI=1S/C16H12Cl3N3O/c1-2-12-15(22-8-9(17)6-7-13(22)20-12)16(23)21-14-10(18)4-3-5-11(14)19/h3-8H,2H2,1H3,(H,21,23). The van der Waals surface area contributed by atoms with E-state index >= 15 is 0 Å². The number of anilines is 1. The Bertz CT molecular complexity index is 885. The SMILES string of the molecule is CCc1nc2ccc(Cl)cn2c1C(=O)Nc1c(Cl)cccc1Cl. The van der Waals surface area contributed by atoms with Crippen molar-refractivity contribution < 1.29 is 4.79 Å². The number of para-hydroxylation sites is 1. The Balaban J connectivity index is 2.09. The fourth-order valence-electron chi connectivity index (χ4n) is 2.34.